The zero-order valence-corrected chi connectivity index (χ0v) is 17.0. The van der Waals surface area contributed by atoms with Crippen molar-refractivity contribution in [2.45, 2.75) is 11.8 Å². The monoisotopic (exact) mass is 414 g/mol. The average Bonchev–Trinajstić information content (AvgIpc) is 3.19. The lowest BCUT2D eigenvalue weighted by Gasteiger charge is -2.09. The maximum absolute atomic E-state index is 12.8. The molecule has 0 aliphatic rings. The van der Waals surface area contributed by atoms with E-state index in [0.29, 0.717) is 5.65 Å². The van der Waals surface area contributed by atoms with Crippen LogP contribution in [0.3, 0.4) is 0 Å². The Bertz CT molecular complexity index is 1490. The fourth-order valence-electron chi connectivity index (χ4n) is 3.46. The number of benzene rings is 3. The van der Waals surface area contributed by atoms with Gasteiger partial charge in [0, 0.05) is 18.0 Å². The first-order chi connectivity index (χ1) is 14.5. The number of hydrogen-bond acceptors (Lipinski definition) is 4. The van der Waals surface area contributed by atoms with Crippen LogP contribution in [-0.4, -0.2) is 22.8 Å². The van der Waals surface area contributed by atoms with Crippen molar-refractivity contribution in [2.75, 3.05) is 4.72 Å². The summed E-state index contributed by atoms with van der Waals surface area (Å²) in [4.78, 5) is 8.84. The van der Waals surface area contributed by atoms with E-state index < -0.39 is 10.0 Å². The molecule has 2 aromatic heterocycles. The van der Waals surface area contributed by atoms with Crippen molar-refractivity contribution in [3.05, 3.63) is 90.9 Å². The quantitative estimate of drug-likeness (QED) is 0.464. The molecule has 0 amide bonds. The second-order valence-corrected chi connectivity index (χ2v) is 8.78. The van der Waals surface area contributed by atoms with Crippen LogP contribution in [-0.2, 0) is 10.0 Å². The van der Waals surface area contributed by atoms with E-state index in [1.165, 1.54) is 0 Å². The Kier molecular flexibility index (Phi) is 4.25. The molecule has 0 spiro atoms. The van der Waals surface area contributed by atoms with Crippen molar-refractivity contribution in [1.82, 2.24) is 14.4 Å². The Balaban J connectivity index is 1.57. The molecule has 7 heteroatoms. The van der Waals surface area contributed by atoms with E-state index in [1.54, 1.807) is 42.9 Å². The lowest BCUT2D eigenvalue weighted by atomic mass is 10.1. The molecule has 30 heavy (non-hydrogen) atoms. The smallest absolute Gasteiger partial charge is 0.263 e. The summed E-state index contributed by atoms with van der Waals surface area (Å²) in [6.45, 7) is 1.91. The number of fused-ring (bicyclic) bond motifs is 2. The van der Waals surface area contributed by atoms with E-state index in [9.17, 15) is 8.42 Å². The summed E-state index contributed by atoms with van der Waals surface area (Å²) in [5, 5.41) is 2.28. The fraction of sp³-hybridized carbons (Fsp3) is 0.0435. The molecule has 2 heterocycles. The van der Waals surface area contributed by atoms with Gasteiger partial charge in [-0.05, 0) is 35.9 Å². The molecular weight excluding hydrogens is 396 g/mol. The van der Waals surface area contributed by atoms with Gasteiger partial charge in [-0.3, -0.25) is 9.12 Å². The van der Waals surface area contributed by atoms with Crippen molar-refractivity contribution in [3.8, 4) is 11.3 Å². The highest BCUT2D eigenvalue weighted by Crippen LogP contribution is 2.27. The van der Waals surface area contributed by atoms with Gasteiger partial charge in [-0.2, -0.15) is 0 Å². The van der Waals surface area contributed by atoms with Gasteiger partial charge in [-0.25, -0.2) is 18.4 Å². The average molecular weight is 414 g/mol. The van der Waals surface area contributed by atoms with Gasteiger partial charge in [0.25, 0.3) is 10.0 Å². The molecule has 0 aliphatic carbocycles. The summed E-state index contributed by atoms with van der Waals surface area (Å²) < 4.78 is 30.0. The summed E-state index contributed by atoms with van der Waals surface area (Å²) in [5.74, 6) is 0.185. The van der Waals surface area contributed by atoms with Crippen LogP contribution in [0.15, 0.2) is 90.2 Å². The number of rotatable bonds is 4. The van der Waals surface area contributed by atoms with Crippen molar-refractivity contribution in [2.24, 2.45) is 0 Å². The predicted molar refractivity (Wildman–Crippen MR) is 118 cm³/mol. The summed E-state index contributed by atoms with van der Waals surface area (Å²) in [5.41, 5.74) is 3.27. The number of nitrogens with one attached hydrogen (secondary N) is 1. The van der Waals surface area contributed by atoms with Gasteiger partial charge in [-0.1, -0.05) is 54.1 Å². The van der Waals surface area contributed by atoms with Crippen molar-refractivity contribution in [1.29, 1.82) is 0 Å². The zero-order valence-electron chi connectivity index (χ0n) is 16.1. The molecule has 0 saturated carbocycles. The van der Waals surface area contributed by atoms with Gasteiger partial charge in [0.15, 0.2) is 11.5 Å². The molecule has 3 aromatic carbocycles. The molecule has 0 fully saturated rings. The maximum Gasteiger partial charge on any atom is 0.263 e. The Morgan fingerprint density at radius 1 is 0.900 bits per heavy atom. The molecule has 5 rings (SSSR count). The predicted octanol–water partition coefficient (Wildman–Crippen LogP) is 4.66. The highest BCUT2D eigenvalue weighted by atomic mass is 32.2. The molecule has 0 saturated heterocycles. The zero-order chi connectivity index (χ0) is 20.7. The normalized spacial score (nSPS) is 11.8. The summed E-state index contributed by atoms with van der Waals surface area (Å²) in [6.07, 6.45) is 5.06. The fourth-order valence-corrected chi connectivity index (χ4v) is 4.47. The molecule has 0 radical (unpaired) electrons. The van der Waals surface area contributed by atoms with E-state index in [0.717, 1.165) is 27.6 Å². The first-order valence-corrected chi connectivity index (χ1v) is 10.9. The van der Waals surface area contributed by atoms with Crippen LogP contribution < -0.4 is 4.72 Å². The van der Waals surface area contributed by atoms with Gasteiger partial charge in [0.1, 0.15) is 0 Å². The Labute approximate surface area is 173 Å². The van der Waals surface area contributed by atoms with E-state index >= 15 is 0 Å². The summed E-state index contributed by atoms with van der Waals surface area (Å²) in [6, 6.07) is 21.0. The van der Waals surface area contributed by atoms with Crippen LogP contribution in [0.4, 0.5) is 5.82 Å². The molecule has 0 aliphatic heterocycles. The molecule has 6 nitrogen and oxygen atoms in total. The molecule has 5 aromatic rings. The third-order valence-electron chi connectivity index (χ3n) is 5.04. The second kappa shape index (κ2) is 6.96. The minimum absolute atomic E-state index is 0.179. The largest absolute Gasteiger partial charge is 0.295 e. The number of sulfonamides is 1. The van der Waals surface area contributed by atoms with Crippen LogP contribution in [0.5, 0.6) is 0 Å². The van der Waals surface area contributed by atoms with Gasteiger partial charge in [0.05, 0.1) is 16.8 Å². The number of nitrogens with zero attached hydrogens (tertiary/aromatic N) is 3. The first kappa shape index (κ1) is 18.3. The van der Waals surface area contributed by atoms with Crippen LogP contribution in [0, 0.1) is 6.92 Å². The van der Waals surface area contributed by atoms with E-state index in [2.05, 4.69) is 39.0 Å². The van der Waals surface area contributed by atoms with E-state index in [-0.39, 0.29) is 10.7 Å². The minimum atomic E-state index is -3.77. The summed E-state index contributed by atoms with van der Waals surface area (Å²) >= 11 is 0. The topological polar surface area (TPSA) is 76.4 Å². The molecule has 148 valence electrons. The van der Waals surface area contributed by atoms with Crippen molar-refractivity contribution in [3.63, 3.8) is 0 Å². The number of aromatic nitrogens is 3. The lowest BCUT2D eigenvalue weighted by Crippen LogP contribution is -2.14. The third-order valence-corrected chi connectivity index (χ3v) is 6.39. The van der Waals surface area contributed by atoms with Gasteiger partial charge < -0.3 is 0 Å². The second-order valence-electron chi connectivity index (χ2n) is 7.09. The van der Waals surface area contributed by atoms with Gasteiger partial charge in [0.2, 0.25) is 0 Å². The molecule has 0 bridgehead atoms. The summed E-state index contributed by atoms with van der Waals surface area (Å²) in [7, 11) is -3.77. The van der Waals surface area contributed by atoms with Crippen LogP contribution in [0.2, 0.25) is 0 Å². The standard InChI is InChI=1S/C23H18N4O2S/c1-16-6-10-20(11-7-16)30(28,29)26-22-23-25-15-21(27(23)13-12-24-22)19-9-8-17-4-2-3-5-18(17)14-19/h2-15H,1H3,(H,24,26). The van der Waals surface area contributed by atoms with Crippen LogP contribution in [0.1, 0.15) is 5.56 Å². The SMILES string of the molecule is Cc1ccc(S(=O)(=O)Nc2nccn3c(-c4ccc5ccccc5c4)cnc23)cc1. The van der Waals surface area contributed by atoms with Crippen molar-refractivity contribution < 1.29 is 8.42 Å². The molecule has 0 atom stereocenters. The molecular formula is C23H18N4O2S. The van der Waals surface area contributed by atoms with Crippen LogP contribution >= 0.6 is 0 Å². The van der Waals surface area contributed by atoms with Crippen molar-refractivity contribution >= 4 is 32.3 Å². The van der Waals surface area contributed by atoms with Gasteiger partial charge >= 0.3 is 0 Å². The molecule has 0 unspecified atom stereocenters. The number of hydrogen-bond donors (Lipinski definition) is 1. The molecule has 1 N–H and O–H groups in total. The van der Waals surface area contributed by atoms with Gasteiger partial charge in [-0.15, -0.1) is 0 Å². The lowest BCUT2D eigenvalue weighted by molar-refractivity contribution is 0.601. The highest BCUT2D eigenvalue weighted by Gasteiger charge is 2.18. The van der Waals surface area contributed by atoms with E-state index in [4.69, 9.17) is 0 Å². The minimum Gasteiger partial charge on any atom is -0.295 e. The highest BCUT2D eigenvalue weighted by molar-refractivity contribution is 7.92. The Morgan fingerprint density at radius 3 is 2.47 bits per heavy atom. The third kappa shape index (κ3) is 3.19. The number of anilines is 1. The number of aryl methyl sites for hydroxylation is 1. The van der Waals surface area contributed by atoms with E-state index in [1.807, 2.05) is 29.5 Å². The Hall–Kier alpha value is -3.71. The number of imidazole rings is 1. The Morgan fingerprint density at radius 2 is 1.67 bits per heavy atom. The van der Waals surface area contributed by atoms with Crippen LogP contribution in [0.25, 0.3) is 27.7 Å². The first-order valence-electron chi connectivity index (χ1n) is 9.42. The maximum atomic E-state index is 12.8.